The summed E-state index contributed by atoms with van der Waals surface area (Å²) in [6.45, 7) is 0. The molecule has 0 aliphatic heterocycles. The topological polar surface area (TPSA) is 86.2 Å². The minimum Gasteiger partial charge on any atom is -0.478 e. The molecule has 0 saturated heterocycles. The van der Waals surface area contributed by atoms with E-state index in [-0.39, 0.29) is 11.1 Å². The molecule has 0 fully saturated rings. The first kappa shape index (κ1) is 17.5. The molecule has 0 aliphatic rings. The first-order valence-corrected chi connectivity index (χ1v) is 8.60. The predicted molar refractivity (Wildman–Crippen MR) is 106 cm³/mol. The second-order valence-electron chi connectivity index (χ2n) is 6.53. The lowest BCUT2D eigenvalue weighted by atomic mass is 10.1. The van der Waals surface area contributed by atoms with Crippen LogP contribution in [-0.2, 0) is 14.1 Å². The van der Waals surface area contributed by atoms with Gasteiger partial charge in [0, 0.05) is 26.0 Å². The molecule has 2 heterocycles. The number of aromatic carboxylic acids is 1. The fourth-order valence-corrected chi connectivity index (χ4v) is 3.39. The van der Waals surface area contributed by atoms with Crippen molar-refractivity contribution in [2.75, 3.05) is 0 Å². The van der Waals surface area contributed by atoms with Gasteiger partial charge in [0.2, 0.25) is 0 Å². The van der Waals surface area contributed by atoms with E-state index < -0.39 is 11.7 Å². The smallest absolute Gasteiger partial charge is 0.335 e. The van der Waals surface area contributed by atoms with E-state index in [4.69, 9.17) is 5.11 Å². The highest BCUT2D eigenvalue weighted by molar-refractivity contribution is 5.95. The van der Waals surface area contributed by atoms with Crippen LogP contribution in [0.3, 0.4) is 0 Å². The molecule has 2 aromatic carbocycles. The second-order valence-corrected chi connectivity index (χ2v) is 6.53. The number of carbonyl (C=O) groups is 1. The normalized spacial score (nSPS) is 11.1. The SMILES string of the molecule is Cn1c(=O)c2c(-c3ccccc3)n(-c3ccc(C(=O)O)cc3)cc2n(C)c1=O. The summed E-state index contributed by atoms with van der Waals surface area (Å²) in [5.41, 5.74) is 2.05. The average molecular weight is 375 g/mol. The van der Waals surface area contributed by atoms with Gasteiger partial charge in [-0.15, -0.1) is 0 Å². The van der Waals surface area contributed by atoms with Gasteiger partial charge < -0.3 is 9.67 Å². The maximum atomic E-state index is 12.9. The summed E-state index contributed by atoms with van der Waals surface area (Å²) in [7, 11) is 3.08. The number of rotatable bonds is 3. The van der Waals surface area contributed by atoms with Gasteiger partial charge in [-0.2, -0.15) is 0 Å². The predicted octanol–water partition coefficient (Wildman–Crippen LogP) is 2.39. The van der Waals surface area contributed by atoms with Crippen molar-refractivity contribution in [3.63, 3.8) is 0 Å². The summed E-state index contributed by atoms with van der Waals surface area (Å²) in [6.07, 6.45) is 1.73. The number of hydrogen-bond donors (Lipinski definition) is 1. The zero-order chi connectivity index (χ0) is 20.0. The third-order valence-electron chi connectivity index (χ3n) is 4.88. The van der Waals surface area contributed by atoms with Crippen LogP contribution in [0.4, 0.5) is 0 Å². The molecule has 4 rings (SSSR count). The Kier molecular flexibility index (Phi) is 4.00. The maximum absolute atomic E-state index is 12.9. The van der Waals surface area contributed by atoms with Crippen LogP contribution in [0.5, 0.6) is 0 Å². The Balaban J connectivity index is 2.13. The van der Waals surface area contributed by atoms with Crippen molar-refractivity contribution in [2.45, 2.75) is 0 Å². The minimum absolute atomic E-state index is 0.171. The van der Waals surface area contributed by atoms with Crippen LogP contribution in [-0.4, -0.2) is 24.8 Å². The molecule has 0 spiro atoms. The number of benzene rings is 2. The van der Waals surface area contributed by atoms with Gasteiger partial charge in [-0.05, 0) is 29.8 Å². The molecule has 140 valence electrons. The van der Waals surface area contributed by atoms with Gasteiger partial charge in [0.1, 0.15) is 0 Å². The van der Waals surface area contributed by atoms with Crippen molar-refractivity contribution in [3.05, 3.63) is 87.2 Å². The van der Waals surface area contributed by atoms with Crippen molar-refractivity contribution < 1.29 is 9.90 Å². The molecule has 0 bridgehead atoms. The standard InChI is InChI=1S/C21H17N3O4/c1-22-16-12-24(15-10-8-14(9-11-15)20(26)27)18(13-6-4-3-5-7-13)17(16)19(25)23(2)21(22)28/h3-12H,1-2H3,(H,26,27). The van der Waals surface area contributed by atoms with E-state index in [1.54, 1.807) is 25.4 Å². The van der Waals surface area contributed by atoms with Gasteiger partial charge in [-0.25, -0.2) is 9.59 Å². The van der Waals surface area contributed by atoms with Crippen LogP contribution in [0, 0.1) is 0 Å². The van der Waals surface area contributed by atoms with Gasteiger partial charge in [-0.3, -0.25) is 13.9 Å². The Morgan fingerprint density at radius 2 is 1.54 bits per heavy atom. The lowest BCUT2D eigenvalue weighted by Gasteiger charge is -2.10. The van der Waals surface area contributed by atoms with Crippen LogP contribution in [0.1, 0.15) is 10.4 Å². The van der Waals surface area contributed by atoms with Gasteiger partial charge in [0.15, 0.2) is 0 Å². The number of fused-ring (bicyclic) bond motifs is 1. The molecule has 0 radical (unpaired) electrons. The second kappa shape index (κ2) is 6.38. The first-order chi connectivity index (χ1) is 13.4. The summed E-state index contributed by atoms with van der Waals surface area (Å²) < 4.78 is 4.34. The monoisotopic (exact) mass is 375 g/mol. The van der Waals surface area contributed by atoms with Crippen LogP contribution in [0.25, 0.3) is 27.8 Å². The van der Waals surface area contributed by atoms with Crippen LogP contribution < -0.4 is 11.2 Å². The van der Waals surface area contributed by atoms with Gasteiger partial charge in [0.05, 0.1) is 22.2 Å². The Hall–Kier alpha value is -3.87. The molecule has 0 saturated carbocycles. The molecule has 0 atom stereocenters. The molecule has 0 amide bonds. The molecule has 7 heteroatoms. The number of carboxylic acids is 1. The molecule has 0 aliphatic carbocycles. The van der Waals surface area contributed by atoms with E-state index in [1.807, 2.05) is 34.9 Å². The van der Waals surface area contributed by atoms with Crippen molar-refractivity contribution >= 4 is 16.9 Å². The first-order valence-electron chi connectivity index (χ1n) is 8.60. The van der Waals surface area contributed by atoms with Crippen LogP contribution in [0.2, 0.25) is 0 Å². The molecule has 0 unspecified atom stereocenters. The van der Waals surface area contributed by atoms with Gasteiger partial charge in [0.25, 0.3) is 5.56 Å². The van der Waals surface area contributed by atoms with Crippen molar-refractivity contribution in [2.24, 2.45) is 14.1 Å². The molecule has 1 N–H and O–H groups in total. The lowest BCUT2D eigenvalue weighted by Crippen LogP contribution is -2.36. The zero-order valence-electron chi connectivity index (χ0n) is 15.3. The quantitative estimate of drug-likeness (QED) is 0.596. The minimum atomic E-state index is -1.01. The third kappa shape index (κ3) is 2.56. The highest BCUT2D eigenvalue weighted by atomic mass is 16.4. The van der Waals surface area contributed by atoms with Crippen molar-refractivity contribution in [1.82, 2.24) is 13.7 Å². The van der Waals surface area contributed by atoms with E-state index in [0.717, 1.165) is 10.1 Å². The van der Waals surface area contributed by atoms with Crippen molar-refractivity contribution in [1.29, 1.82) is 0 Å². The highest BCUT2D eigenvalue weighted by Gasteiger charge is 2.20. The van der Waals surface area contributed by atoms with E-state index in [9.17, 15) is 14.4 Å². The fraction of sp³-hybridized carbons (Fsp3) is 0.0952. The summed E-state index contributed by atoms with van der Waals surface area (Å²) in [5.74, 6) is -1.01. The van der Waals surface area contributed by atoms with Crippen LogP contribution in [0.15, 0.2) is 70.4 Å². The summed E-state index contributed by atoms with van der Waals surface area (Å²) in [6, 6.07) is 15.8. The fourth-order valence-electron chi connectivity index (χ4n) is 3.39. The molecular formula is C21H17N3O4. The average Bonchev–Trinajstić information content (AvgIpc) is 3.12. The number of carboxylic acid groups (broad SMARTS) is 1. The highest BCUT2D eigenvalue weighted by Crippen LogP contribution is 2.30. The van der Waals surface area contributed by atoms with Crippen molar-refractivity contribution in [3.8, 4) is 16.9 Å². The van der Waals surface area contributed by atoms with E-state index in [1.165, 1.54) is 23.7 Å². The largest absolute Gasteiger partial charge is 0.478 e. The Morgan fingerprint density at radius 3 is 2.14 bits per heavy atom. The van der Waals surface area contributed by atoms with E-state index in [2.05, 4.69) is 0 Å². The molecule has 7 nitrogen and oxygen atoms in total. The van der Waals surface area contributed by atoms with Gasteiger partial charge in [-0.1, -0.05) is 30.3 Å². The van der Waals surface area contributed by atoms with E-state index >= 15 is 0 Å². The molecule has 4 aromatic rings. The Bertz CT molecular complexity index is 1330. The number of nitrogens with zero attached hydrogens (tertiary/aromatic N) is 3. The summed E-state index contributed by atoms with van der Waals surface area (Å²) >= 11 is 0. The summed E-state index contributed by atoms with van der Waals surface area (Å²) in [4.78, 5) is 36.5. The number of aromatic nitrogens is 3. The molecular weight excluding hydrogens is 358 g/mol. The third-order valence-corrected chi connectivity index (χ3v) is 4.88. The number of aryl methyl sites for hydroxylation is 1. The zero-order valence-corrected chi connectivity index (χ0v) is 15.3. The van der Waals surface area contributed by atoms with Gasteiger partial charge >= 0.3 is 11.7 Å². The Labute approximate surface area is 159 Å². The Morgan fingerprint density at radius 1 is 0.893 bits per heavy atom. The summed E-state index contributed by atoms with van der Waals surface area (Å²) in [5, 5.41) is 9.57. The van der Waals surface area contributed by atoms with Crippen LogP contribution >= 0.6 is 0 Å². The lowest BCUT2D eigenvalue weighted by molar-refractivity contribution is 0.0697. The molecule has 2 aromatic heterocycles. The molecule has 28 heavy (non-hydrogen) atoms. The van der Waals surface area contributed by atoms with E-state index in [0.29, 0.717) is 22.3 Å². The maximum Gasteiger partial charge on any atom is 0.335 e. The number of hydrogen-bond acceptors (Lipinski definition) is 3.